The number of hydrogen-bond acceptors (Lipinski definition) is 6. The largest absolute Gasteiger partial charge is 0.363 e. The monoisotopic (exact) mass is 315 g/mol. The highest BCUT2D eigenvalue weighted by Crippen LogP contribution is 2.32. The zero-order chi connectivity index (χ0) is 16.4. The first kappa shape index (κ1) is 15.9. The normalized spacial score (nSPS) is 18.7. The summed E-state index contributed by atoms with van der Waals surface area (Å²) in [5.41, 5.74) is 0.888. The number of hydrogen-bond donors (Lipinski definition) is 0. The third-order valence-electron chi connectivity index (χ3n) is 4.15. The standard InChI is InChI=1S/C17H25N5O/c1-12(2)11-22-9-5-6-14(22)17-19-16(20-23-17)13-7-8-15(18-10-13)21(3)4/h7-8,10,12,14H,5-6,9,11H2,1-4H3/t14-/m0/s1. The Hall–Kier alpha value is -1.95. The Balaban J connectivity index is 1.77. The van der Waals surface area contributed by atoms with Gasteiger partial charge in [-0.1, -0.05) is 19.0 Å². The van der Waals surface area contributed by atoms with E-state index < -0.39 is 0 Å². The molecule has 2 aromatic heterocycles. The second-order valence-corrected chi connectivity index (χ2v) is 6.80. The van der Waals surface area contributed by atoms with Gasteiger partial charge in [-0.15, -0.1) is 0 Å². The van der Waals surface area contributed by atoms with E-state index in [4.69, 9.17) is 4.52 Å². The molecule has 1 atom stereocenters. The topological polar surface area (TPSA) is 58.3 Å². The van der Waals surface area contributed by atoms with Gasteiger partial charge in [0.2, 0.25) is 11.7 Å². The van der Waals surface area contributed by atoms with E-state index in [1.54, 1.807) is 6.20 Å². The average molecular weight is 315 g/mol. The van der Waals surface area contributed by atoms with Crippen LogP contribution in [0.3, 0.4) is 0 Å². The minimum Gasteiger partial charge on any atom is -0.363 e. The second kappa shape index (κ2) is 6.66. The van der Waals surface area contributed by atoms with Gasteiger partial charge in [-0.25, -0.2) is 4.98 Å². The number of pyridine rings is 1. The maximum atomic E-state index is 5.55. The van der Waals surface area contributed by atoms with Gasteiger partial charge in [-0.05, 0) is 37.4 Å². The van der Waals surface area contributed by atoms with Crippen molar-refractivity contribution < 1.29 is 4.52 Å². The van der Waals surface area contributed by atoms with Gasteiger partial charge in [0.15, 0.2) is 0 Å². The molecule has 23 heavy (non-hydrogen) atoms. The van der Waals surface area contributed by atoms with Gasteiger partial charge in [0.1, 0.15) is 5.82 Å². The minimum absolute atomic E-state index is 0.257. The SMILES string of the molecule is CC(C)CN1CCC[C@H]1c1nc(-c2ccc(N(C)C)nc2)no1. The van der Waals surface area contributed by atoms with Gasteiger partial charge in [0, 0.05) is 32.4 Å². The van der Waals surface area contributed by atoms with E-state index in [0.717, 1.165) is 36.8 Å². The zero-order valence-electron chi connectivity index (χ0n) is 14.4. The molecule has 0 N–H and O–H groups in total. The molecule has 2 aromatic rings. The molecule has 3 heterocycles. The van der Waals surface area contributed by atoms with Gasteiger partial charge < -0.3 is 9.42 Å². The predicted octanol–water partition coefficient (Wildman–Crippen LogP) is 2.99. The summed E-state index contributed by atoms with van der Waals surface area (Å²) in [5, 5.41) is 4.15. The van der Waals surface area contributed by atoms with Crippen LogP contribution in [0.2, 0.25) is 0 Å². The molecule has 6 heteroatoms. The van der Waals surface area contributed by atoms with Crippen LogP contribution in [-0.2, 0) is 0 Å². The van der Waals surface area contributed by atoms with Gasteiger partial charge in [-0.2, -0.15) is 4.98 Å². The Bertz CT molecular complexity index is 635. The Morgan fingerprint density at radius 3 is 2.83 bits per heavy atom. The molecule has 0 aromatic carbocycles. The molecule has 1 aliphatic rings. The predicted molar refractivity (Wildman–Crippen MR) is 90.2 cm³/mol. The van der Waals surface area contributed by atoms with E-state index in [0.29, 0.717) is 11.7 Å². The highest BCUT2D eigenvalue weighted by molar-refractivity contribution is 5.55. The lowest BCUT2D eigenvalue weighted by molar-refractivity contribution is 0.189. The molecule has 0 bridgehead atoms. The quantitative estimate of drug-likeness (QED) is 0.845. The van der Waals surface area contributed by atoms with Crippen molar-refractivity contribution in [3.05, 3.63) is 24.2 Å². The molecule has 0 aliphatic carbocycles. The molecular weight excluding hydrogens is 290 g/mol. The van der Waals surface area contributed by atoms with E-state index in [9.17, 15) is 0 Å². The number of likely N-dealkylation sites (tertiary alicyclic amines) is 1. The number of anilines is 1. The van der Waals surface area contributed by atoms with Gasteiger partial charge in [-0.3, -0.25) is 4.90 Å². The Labute approximate surface area is 137 Å². The molecule has 0 unspecified atom stereocenters. The highest BCUT2D eigenvalue weighted by atomic mass is 16.5. The van der Waals surface area contributed by atoms with Crippen molar-refractivity contribution in [1.82, 2.24) is 20.0 Å². The second-order valence-electron chi connectivity index (χ2n) is 6.80. The first-order valence-electron chi connectivity index (χ1n) is 8.26. The zero-order valence-corrected chi connectivity index (χ0v) is 14.4. The fourth-order valence-corrected chi connectivity index (χ4v) is 3.06. The van der Waals surface area contributed by atoms with Crippen molar-refractivity contribution in [3.8, 4) is 11.4 Å². The first-order chi connectivity index (χ1) is 11.0. The Morgan fingerprint density at radius 2 is 2.17 bits per heavy atom. The highest BCUT2D eigenvalue weighted by Gasteiger charge is 2.31. The van der Waals surface area contributed by atoms with Crippen LogP contribution < -0.4 is 4.90 Å². The summed E-state index contributed by atoms with van der Waals surface area (Å²) in [7, 11) is 3.94. The molecule has 6 nitrogen and oxygen atoms in total. The molecule has 0 spiro atoms. The minimum atomic E-state index is 0.257. The van der Waals surface area contributed by atoms with Crippen LogP contribution in [0.1, 0.15) is 38.6 Å². The first-order valence-corrected chi connectivity index (χ1v) is 8.26. The van der Waals surface area contributed by atoms with E-state index in [-0.39, 0.29) is 6.04 Å². The van der Waals surface area contributed by atoms with Crippen molar-refractivity contribution in [2.24, 2.45) is 5.92 Å². The molecule has 0 saturated carbocycles. The lowest BCUT2D eigenvalue weighted by atomic mass is 10.1. The lowest BCUT2D eigenvalue weighted by Crippen LogP contribution is -2.27. The molecule has 1 aliphatic heterocycles. The van der Waals surface area contributed by atoms with Crippen molar-refractivity contribution in [1.29, 1.82) is 0 Å². The maximum absolute atomic E-state index is 5.55. The Morgan fingerprint density at radius 1 is 1.35 bits per heavy atom. The third kappa shape index (κ3) is 3.52. The van der Waals surface area contributed by atoms with Crippen molar-refractivity contribution in [2.75, 3.05) is 32.1 Å². The van der Waals surface area contributed by atoms with Crippen LogP contribution >= 0.6 is 0 Å². The van der Waals surface area contributed by atoms with Crippen LogP contribution in [-0.4, -0.2) is 47.2 Å². The number of rotatable bonds is 5. The van der Waals surface area contributed by atoms with Crippen molar-refractivity contribution >= 4 is 5.82 Å². The van der Waals surface area contributed by atoms with Crippen molar-refractivity contribution in [3.63, 3.8) is 0 Å². The summed E-state index contributed by atoms with van der Waals surface area (Å²) in [4.78, 5) is 13.5. The average Bonchev–Trinajstić information content (AvgIpc) is 3.15. The van der Waals surface area contributed by atoms with Gasteiger partial charge in [0.25, 0.3) is 0 Å². The van der Waals surface area contributed by atoms with Crippen LogP contribution in [0.4, 0.5) is 5.82 Å². The fraction of sp³-hybridized carbons (Fsp3) is 0.588. The molecular formula is C17H25N5O. The lowest BCUT2D eigenvalue weighted by Gasteiger charge is -2.23. The third-order valence-corrected chi connectivity index (χ3v) is 4.15. The molecule has 3 rings (SSSR count). The fourth-order valence-electron chi connectivity index (χ4n) is 3.06. The van der Waals surface area contributed by atoms with Crippen LogP contribution in [0.25, 0.3) is 11.4 Å². The summed E-state index contributed by atoms with van der Waals surface area (Å²) in [6.45, 7) is 6.67. The molecule has 124 valence electrons. The maximum Gasteiger partial charge on any atom is 0.244 e. The summed E-state index contributed by atoms with van der Waals surface area (Å²) in [6, 6.07) is 4.21. The van der Waals surface area contributed by atoms with Crippen LogP contribution in [0.5, 0.6) is 0 Å². The van der Waals surface area contributed by atoms with E-state index in [1.165, 1.54) is 6.42 Å². The molecule has 1 fully saturated rings. The van der Waals surface area contributed by atoms with Crippen LogP contribution in [0, 0.1) is 5.92 Å². The summed E-state index contributed by atoms with van der Waals surface area (Å²) in [6.07, 6.45) is 4.07. The summed E-state index contributed by atoms with van der Waals surface area (Å²) >= 11 is 0. The molecule has 0 amide bonds. The van der Waals surface area contributed by atoms with Crippen LogP contribution in [0.15, 0.2) is 22.9 Å². The van der Waals surface area contributed by atoms with E-state index in [2.05, 4.69) is 33.9 Å². The van der Waals surface area contributed by atoms with Gasteiger partial charge in [0.05, 0.1) is 6.04 Å². The van der Waals surface area contributed by atoms with E-state index >= 15 is 0 Å². The smallest absolute Gasteiger partial charge is 0.244 e. The number of aromatic nitrogens is 3. The number of nitrogens with zero attached hydrogens (tertiary/aromatic N) is 5. The molecule has 1 saturated heterocycles. The van der Waals surface area contributed by atoms with E-state index in [1.807, 2.05) is 31.1 Å². The summed E-state index contributed by atoms with van der Waals surface area (Å²) in [5.74, 6) is 2.90. The van der Waals surface area contributed by atoms with Crippen molar-refractivity contribution in [2.45, 2.75) is 32.7 Å². The Kier molecular flexibility index (Phi) is 4.61. The van der Waals surface area contributed by atoms with Gasteiger partial charge >= 0.3 is 0 Å². The molecule has 0 radical (unpaired) electrons. The summed E-state index contributed by atoms with van der Waals surface area (Å²) < 4.78 is 5.55.